The molecule has 0 spiro atoms. The molecule has 0 bridgehead atoms. The Bertz CT molecular complexity index is 760. The highest BCUT2D eigenvalue weighted by Gasteiger charge is 2.09. The Hall–Kier alpha value is -1.76. The summed E-state index contributed by atoms with van der Waals surface area (Å²) >= 11 is 9.15. The number of rotatable bonds is 6. The molecule has 23 heavy (non-hydrogen) atoms. The second-order valence-electron chi connectivity index (χ2n) is 4.75. The monoisotopic (exact) mass is 362 g/mol. The fourth-order valence-electron chi connectivity index (χ4n) is 1.97. The lowest BCUT2D eigenvalue weighted by Gasteiger charge is -2.10. The van der Waals surface area contributed by atoms with Crippen molar-refractivity contribution in [2.24, 2.45) is 0 Å². The number of aromatic nitrogens is 2. The molecule has 2 aromatic heterocycles. The molecule has 0 aliphatic rings. The second kappa shape index (κ2) is 7.68. The van der Waals surface area contributed by atoms with Crippen molar-refractivity contribution in [3.05, 3.63) is 58.0 Å². The Morgan fingerprint density at radius 3 is 2.74 bits per heavy atom. The molecule has 0 aliphatic carbocycles. The number of thiophene rings is 1. The van der Waals surface area contributed by atoms with E-state index < -0.39 is 0 Å². The summed E-state index contributed by atoms with van der Waals surface area (Å²) in [5.41, 5.74) is 6.76. The summed E-state index contributed by atoms with van der Waals surface area (Å²) < 4.78 is 0. The lowest BCUT2D eigenvalue weighted by atomic mass is 10.3. The predicted octanol–water partition coefficient (Wildman–Crippen LogP) is 4.58. The number of hydrogen-bond acceptors (Lipinski definition) is 6. The van der Waals surface area contributed by atoms with Crippen molar-refractivity contribution in [1.29, 1.82) is 0 Å². The molecule has 0 fully saturated rings. The van der Waals surface area contributed by atoms with Gasteiger partial charge in [-0.3, -0.25) is 0 Å². The van der Waals surface area contributed by atoms with Crippen LogP contribution in [0.2, 0.25) is 5.02 Å². The van der Waals surface area contributed by atoms with Gasteiger partial charge in [-0.25, -0.2) is 9.97 Å². The zero-order valence-corrected chi connectivity index (χ0v) is 14.6. The van der Waals surface area contributed by atoms with E-state index in [2.05, 4.69) is 32.8 Å². The SMILES string of the molecule is Nc1c(NCCc2cccs2)ncnc1Sc1ccc(Cl)cc1. The van der Waals surface area contributed by atoms with E-state index in [-0.39, 0.29) is 0 Å². The van der Waals surface area contributed by atoms with E-state index in [0.29, 0.717) is 16.5 Å². The summed E-state index contributed by atoms with van der Waals surface area (Å²) in [4.78, 5) is 10.9. The van der Waals surface area contributed by atoms with Gasteiger partial charge in [-0.1, -0.05) is 29.4 Å². The largest absolute Gasteiger partial charge is 0.394 e. The van der Waals surface area contributed by atoms with Gasteiger partial charge in [0.2, 0.25) is 0 Å². The van der Waals surface area contributed by atoms with Crippen LogP contribution in [-0.4, -0.2) is 16.5 Å². The number of hydrogen-bond donors (Lipinski definition) is 2. The maximum atomic E-state index is 6.19. The van der Waals surface area contributed by atoms with Gasteiger partial charge in [-0.15, -0.1) is 11.3 Å². The molecule has 0 saturated carbocycles. The molecule has 1 aromatic carbocycles. The quantitative estimate of drug-likeness (QED) is 0.628. The minimum Gasteiger partial charge on any atom is -0.394 e. The molecule has 0 radical (unpaired) electrons. The lowest BCUT2D eigenvalue weighted by molar-refractivity contribution is 0.996. The Morgan fingerprint density at radius 2 is 2.00 bits per heavy atom. The number of nitrogens with one attached hydrogen (secondary N) is 1. The van der Waals surface area contributed by atoms with E-state index in [1.807, 2.05) is 24.3 Å². The zero-order chi connectivity index (χ0) is 16.1. The van der Waals surface area contributed by atoms with Crippen LogP contribution < -0.4 is 11.1 Å². The topological polar surface area (TPSA) is 63.8 Å². The van der Waals surface area contributed by atoms with Gasteiger partial charge >= 0.3 is 0 Å². The van der Waals surface area contributed by atoms with Gasteiger partial charge in [0.15, 0.2) is 5.82 Å². The number of nitrogen functional groups attached to an aromatic ring is 1. The van der Waals surface area contributed by atoms with Crippen molar-refractivity contribution < 1.29 is 0 Å². The average Bonchev–Trinajstić information content (AvgIpc) is 3.06. The number of nitrogens with two attached hydrogens (primary N) is 1. The molecular weight excluding hydrogens is 348 g/mol. The minimum atomic E-state index is 0.568. The first-order chi connectivity index (χ1) is 11.2. The van der Waals surface area contributed by atoms with E-state index in [1.165, 1.54) is 23.0 Å². The van der Waals surface area contributed by atoms with Gasteiger partial charge in [0.05, 0.1) is 0 Å². The van der Waals surface area contributed by atoms with E-state index >= 15 is 0 Å². The number of halogens is 1. The van der Waals surface area contributed by atoms with Crippen LogP contribution in [0.15, 0.2) is 58.0 Å². The van der Waals surface area contributed by atoms with Gasteiger partial charge in [-0.05, 0) is 42.1 Å². The van der Waals surface area contributed by atoms with E-state index in [0.717, 1.165) is 22.9 Å². The Morgan fingerprint density at radius 1 is 1.17 bits per heavy atom. The third-order valence-corrected chi connectivity index (χ3v) is 5.33. The van der Waals surface area contributed by atoms with Crippen molar-refractivity contribution in [3.8, 4) is 0 Å². The molecule has 3 N–H and O–H groups in total. The third kappa shape index (κ3) is 4.37. The van der Waals surface area contributed by atoms with Crippen LogP contribution in [-0.2, 0) is 6.42 Å². The second-order valence-corrected chi connectivity index (χ2v) is 7.28. The van der Waals surface area contributed by atoms with E-state index in [9.17, 15) is 0 Å². The molecular formula is C16H15ClN4S2. The minimum absolute atomic E-state index is 0.568. The summed E-state index contributed by atoms with van der Waals surface area (Å²) in [6.45, 7) is 0.785. The van der Waals surface area contributed by atoms with E-state index in [4.69, 9.17) is 17.3 Å². The molecule has 0 atom stereocenters. The van der Waals surface area contributed by atoms with Gasteiger partial charge in [0.25, 0.3) is 0 Å². The first kappa shape index (κ1) is 16.1. The number of anilines is 2. The molecule has 3 rings (SSSR count). The smallest absolute Gasteiger partial charge is 0.153 e. The van der Waals surface area contributed by atoms with Crippen LogP contribution in [0.25, 0.3) is 0 Å². The summed E-state index contributed by atoms with van der Waals surface area (Å²) in [7, 11) is 0. The average molecular weight is 363 g/mol. The lowest BCUT2D eigenvalue weighted by Crippen LogP contribution is -2.09. The van der Waals surface area contributed by atoms with Crippen molar-refractivity contribution >= 4 is 46.2 Å². The molecule has 0 amide bonds. The Labute approximate surface area is 148 Å². The number of nitrogens with zero attached hydrogens (tertiary/aromatic N) is 2. The normalized spacial score (nSPS) is 10.7. The molecule has 0 unspecified atom stereocenters. The predicted molar refractivity (Wildman–Crippen MR) is 98.5 cm³/mol. The van der Waals surface area contributed by atoms with Crippen LogP contribution >= 0.6 is 34.7 Å². The van der Waals surface area contributed by atoms with Crippen molar-refractivity contribution in [3.63, 3.8) is 0 Å². The maximum absolute atomic E-state index is 6.19. The molecule has 0 aliphatic heterocycles. The van der Waals surface area contributed by atoms with Crippen molar-refractivity contribution in [2.75, 3.05) is 17.6 Å². The summed E-state index contributed by atoms with van der Waals surface area (Å²) in [5.74, 6) is 0.674. The molecule has 0 saturated heterocycles. The van der Waals surface area contributed by atoms with E-state index in [1.54, 1.807) is 11.3 Å². The third-order valence-electron chi connectivity index (χ3n) is 3.12. The molecule has 3 aromatic rings. The summed E-state index contributed by atoms with van der Waals surface area (Å²) in [6, 6.07) is 11.8. The van der Waals surface area contributed by atoms with Gasteiger partial charge in [-0.2, -0.15) is 0 Å². The van der Waals surface area contributed by atoms with Gasteiger partial charge in [0.1, 0.15) is 17.0 Å². The highest BCUT2D eigenvalue weighted by molar-refractivity contribution is 7.99. The number of benzene rings is 1. The van der Waals surface area contributed by atoms with Crippen LogP contribution in [0.4, 0.5) is 11.5 Å². The molecule has 2 heterocycles. The van der Waals surface area contributed by atoms with Crippen LogP contribution in [0.1, 0.15) is 4.88 Å². The van der Waals surface area contributed by atoms with Crippen LogP contribution in [0, 0.1) is 0 Å². The van der Waals surface area contributed by atoms with Gasteiger partial charge in [0, 0.05) is 21.3 Å². The van der Waals surface area contributed by atoms with Crippen LogP contribution in [0.5, 0.6) is 0 Å². The van der Waals surface area contributed by atoms with Crippen molar-refractivity contribution in [1.82, 2.24) is 9.97 Å². The van der Waals surface area contributed by atoms with Crippen molar-refractivity contribution in [2.45, 2.75) is 16.3 Å². The molecule has 7 heteroatoms. The first-order valence-corrected chi connectivity index (χ1v) is 9.10. The molecule has 4 nitrogen and oxygen atoms in total. The summed E-state index contributed by atoms with van der Waals surface area (Å²) in [5, 5.41) is 6.81. The molecule has 118 valence electrons. The first-order valence-electron chi connectivity index (χ1n) is 7.02. The zero-order valence-electron chi connectivity index (χ0n) is 12.2. The Kier molecular flexibility index (Phi) is 5.38. The Balaban J connectivity index is 1.66. The van der Waals surface area contributed by atoms with Gasteiger partial charge < -0.3 is 11.1 Å². The highest BCUT2D eigenvalue weighted by Crippen LogP contribution is 2.33. The van der Waals surface area contributed by atoms with Crippen LogP contribution in [0.3, 0.4) is 0 Å². The fourth-order valence-corrected chi connectivity index (χ4v) is 3.61. The highest BCUT2D eigenvalue weighted by atomic mass is 35.5. The fraction of sp³-hybridized carbons (Fsp3) is 0.125. The maximum Gasteiger partial charge on any atom is 0.153 e. The standard InChI is InChI=1S/C16H15ClN4S2/c17-11-3-5-13(6-4-11)23-16-14(18)15(20-10-21-16)19-8-7-12-2-1-9-22-12/h1-6,9-10H,7-8,18H2,(H,19,20,21). The summed E-state index contributed by atoms with van der Waals surface area (Å²) in [6.07, 6.45) is 2.48.